The van der Waals surface area contributed by atoms with Gasteiger partial charge in [-0.15, -0.1) is 0 Å². The molecule has 1 aliphatic rings. The Hall–Kier alpha value is -3.59. The van der Waals surface area contributed by atoms with Crippen molar-refractivity contribution in [2.45, 2.75) is 96.2 Å². The van der Waals surface area contributed by atoms with Gasteiger partial charge < -0.3 is 29.0 Å². The lowest BCUT2D eigenvalue weighted by molar-refractivity contribution is 0.0109. The number of fused-ring (bicyclic) bond motifs is 1. The van der Waals surface area contributed by atoms with Crippen LogP contribution in [-0.2, 0) is 11.2 Å². The first kappa shape index (κ1) is 38.2. The van der Waals surface area contributed by atoms with Gasteiger partial charge in [0.05, 0.1) is 20.3 Å². The van der Waals surface area contributed by atoms with E-state index in [1.165, 1.54) is 0 Å². The number of carbonyl (C=O) groups is 1. The van der Waals surface area contributed by atoms with Crippen LogP contribution < -0.4 is 19.8 Å². The predicted octanol–water partition coefficient (Wildman–Crippen LogP) is 7.58. The number of rotatable bonds is 15. The third kappa shape index (κ3) is 8.96. The number of amides is 1. The van der Waals surface area contributed by atoms with Gasteiger partial charge in [-0.2, -0.15) is 0 Å². The SMILES string of the molecule is C=C(CCCCCC(C)(C)[Si](O)(c1ccccc1)c1ccccc1)C(CO)C[C@@H]1c2cc(OC)c(OC)cc2CCN1C(=O)OC(C)(C)C. The van der Waals surface area contributed by atoms with Crippen molar-refractivity contribution in [3.63, 3.8) is 0 Å². The number of hydrogen-bond donors (Lipinski definition) is 2. The van der Waals surface area contributed by atoms with E-state index in [1.54, 1.807) is 19.1 Å². The highest BCUT2D eigenvalue weighted by Crippen LogP contribution is 2.43. The largest absolute Gasteiger partial charge is 0.493 e. The van der Waals surface area contributed by atoms with Gasteiger partial charge in [0.15, 0.2) is 11.5 Å². The van der Waals surface area contributed by atoms with Crippen molar-refractivity contribution in [2.24, 2.45) is 5.92 Å². The molecule has 3 aromatic carbocycles. The van der Waals surface area contributed by atoms with Gasteiger partial charge in [0, 0.05) is 19.1 Å². The summed E-state index contributed by atoms with van der Waals surface area (Å²) in [7, 11) is 0.191. The summed E-state index contributed by atoms with van der Waals surface area (Å²) in [6, 6.07) is 24.0. The third-order valence-corrected chi connectivity index (χ3v) is 14.6. The molecule has 49 heavy (non-hydrogen) atoms. The molecule has 0 saturated carbocycles. The third-order valence-electron chi connectivity index (χ3n) is 10.1. The number of unbranched alkanes of at least 4 members (excludes halogenated alkanes) is 2. The molecule has 0 aliphatic carbocycles. The van der Waals surface area contributed by atoms with E-state index in [2.05, 4.69) is 44.7 Å². The fourth-order valence-electron chi connectivity index (χ4n) is 7.25. The molecule has 7 nitrogen and oxygen atoms in total. The first-order valence-electron chi connectivity index (χ1n) is 17.6. The molecule has 0 bridgehead atoms. The lowest BCUT2D eigenvalue weighted by Crippen LogP contribution is -2.65. The number of nitrogens with zero attached hydrogens (tertiary/aromatic N) is 1. The van der Waals surface area contributed by atoms with Crippen LogP contribution in [0.3, 0.4) is 0 Å². The van der Waals surface area contributed by atoms with Crippen molar-refractivity contribution in [3.8, 4) is 11.5 Å². The van der Waals surface area contributed by atoms with Crippen LogP contribution in [0.2, 0.25) is 5.04 Å². The Morgan fingerprint density at radius 1 is 0.918 bits per heavy atom. The van der Waals surface area contributed by atoms with E-state index < -0.39 is 13.9 Å². The Balaban J connectivity index is 1.44. The van der Waals surface area contributed by atoms with Crippen LogP contribution in [0.5, 0.6) is 11.5 Å². The maximum absolute atomic E-state index is 13.5. The van der Waals surface area contributed by atoms with Crippen molar-refractivity contribution < 1.29 is 28.9 Å². The van der Waals surface area contributed by atoms with Crippen molar-refractivity contribution in [2.75, 3.05) is 27.4 Å². The van der Waals surface area contributed by atoms with Crippen LogP contribution in [-0.4, -0.2) is 62.2 Å². The second kappa shape index (κ2) is 16.4. The summed E-state index contributed by atoms with van der Waals surface area (Å²) in [5.74, 6) is 1.07. The number of hydrogen-bond acceptors (Lipinski definition) is 6. The molecule has 2 atom stereocenters. The van der Waals surface area contributed by atoms with Gasteiger partial charge in [0.1, 0.15) is 5.60 Å². The van der Waals surface area contributed by atoms with Gasteiger partial charge in [-0.3, -0.25) is 0 Å². The molecule has 0 radical (unpaired) electrons. The average Bonchev–Trinajstić information content (AvgIpc) is 3.08. The smallest absolute Gasteiger partial charge is 0.410 e. The van der Waals surface area contributed by atoms with Crippen LogP contribution in [0.25, 0.3) is 0 Å². The van der Waals surface area contributed by atoms with Crippen LogP contribution in [0.1, 0.15) is 90.3 Å². The summed E-state index contributed by atoms with van der Waals surface area (Å²) < 4.78 is 17.0. The van der Waals surface area contributed by atoms with Crippen LogP contribution in [0.15, 0.2) is 84.9 Å². The molecular weight excluding hydrogens is 631 g/mol. The van der Waals surface area contributed by atoms with E-state index in [0.717, 1.165) is 59.2 Å². The molecule has 1 heterocycles. The number of benzene rings is 3. The Morgan fingerprint density at radius 3 is 2.02 bits per heavy atom. The number of aliphatic hydroxyl groups excluding tert-OH is 1. The first-order valence-corrected chi connectivity index (χ1v) is 19.6. The average molecular weight is 688 g/mol. The monoisotopic (exact) mass is 687 g/mol. The molecule has 2 N–H and O–H groups in total. The number of methoxy groups -OCH3 is 2. The second-order valence-corrected chi connectivity index (χ2v) is 18.9. The summed E-state index contributed by atoms with van der Waals surface area (Å²) in [6.45, 7) is 14.9. The minimum Gasteiger partial charge on any atom is -0.493 e. The van der Waals surface area contributed by atoms with Crippen molar-refractivity contribution in [3.05, 3.63) is 96.1 Å². The Labute approximate surface area is 295 Å². The lowest BCUT2D eigenvalue weighted by Gasteiger charge is -2.41. The summed E-state index contributed by atoms with van der Waals surface area (Å²) in [6.07, 6.45) is 5.40. The topological polar surface area (TPSA) is 88.5 Å². The summed E-state index contributed by atoms with van der Waals surface area (Å²) in [5.41, 5.74) is 2.44. The van der Waals surface area contributed by atoms with E-state index in [-0.39, 0.29) is 29.7 Å². The normalized spacial score (nSPS) is 15.7. The van der Waals surface area contributed by atoms with Crippen LogP contribution in [0.4, 0.5) is 4.79 Å². The van der Waals surface area contributed by atoms with E-state index in [1.807, 2.05) is 69.3 Å². The lowest BCUT2D eigenvalue weighted by atomic mass is 9.83. The Bertz CT molecular complexity index is 1500. The zero-order valence-corrected chi connectivity index (χ0v) is 31.6. The molecule has 0 saturated heterocycles. The number of ether oxygens (including phenoxy) is 3. The molecule has 1 aliphatic heterocycles. The summed E-state index contributed by atoms with van der Waals surface area (Å²) in [4.78, 5) is 27.8. The van der Waals surface area contributed by atoms with E-state index >= 15 is 0 Å². The van der Waals surface area contributed by atoms with Crippen LogP contribution >= 0.6 is 0 Å². The molecular formula is C41H57NO6Si. The van der Waals surface area contributed by atoms with Gasteiger partial charge in [0.25, 0.3) is 8.32 Å². The minimum absolute atomic E-state index is 0.0556. The number of aliphatic hydroxyl groups is 1. The van der Waals surface area contributed by atoms with E-state index in [4.69, 9.17) is 14.2 Å². The molecule has 8 heteroatoms. The van der Waals surface area contributed by atoms with Crippen molar-refractivity contribution in [1.82, 2.24) is 4.90 Å². The number of carbonyl (C=O) groups excluding carboxylic acids is 1. The zero-order valence-electron chi connectivity index (χ0n) is 30.6. The highest BCUT2D eigenvalue weighted by atomic mass is 28.4. The molecule has 3 aromatic rings. The van der Waals surface area contributed by atoms with Gasteiger partial charge in [-0.1, -0.05) is 99.5 Å². The second-order valence-electron chi connectivity index (χ2n) is 15.0. The molecule has 266 valence electrons. The zero-order chi connectivity index (χ0) is 35.8. The summed E-state index contributed by atoms with van der Waals surface area (Å²) in [5, 5.41) is 12.4. The maximum atomic E-state index is 13.5. The van der Waals surface area contributed by atoms with Gasteiger partial charge in [-0.05, 0) is 91.5 Å². The Morgan fingerprint density at radius 2 is 1.49 bits per heavy atom. The molecule has 4 rings (SSSR count). The summed E-state index contributed by atoms with van der Waals surface area (Å²) >= 11 is 0. The predicted molar refractivity (Wildman–Crippen MR) is 201 cm³/mol. The maximum Gasteiger partial charge on any atom is 0.410 e. The molecule has 1 unspecified atom stereocenters. The van der Waals surface area contributed by atoms with Gasteiger partial charge in [0.2, 0.25) is 0 Å². The van der Waals surface area contributed by atoms with Gasteiger partial charge >= 0.3 is 6.09 Å². The van der Waals surface area contributed by atoms with Crippen LogP contribution in [0, 0.1) is 5.92 Å². The van der Waals surface area contributed by atoms with E-state index in [9.17, 15) is 14.7 Å². The first-order chi connectivity index (χ1) is 23.3. The van der Waals surface area contributed by atoms with Crippen molar-refractivity contribution >= 4 is 24.8 Å². The molecule has 0 fully saturated rings. The molecule has 1 amide bonds. The minimum atomic E-state index is -3.04. The highest BCUT2D eigenvalue weighted by molar-refractivity contribution is 6.98. The highest BCUT2D eigenvalue weighted by Gasteiger charge is 2.49. The molecule has 0 aromatic heterocycles. The quantitative estimate of drug-likeness (QED) is 0.0974. The van der Waals surface area contributed by atoms with E-state index in [0.29, 0.717) is 30.9 Å². The van der Waals surface area contributed by atoms with Gasteiger partial charge in [-0.25, -0.2) is 4.79 Å². The van der Waals surface area contributed by atoms with Crippen molar-refractivity contribution in [1.29, 1.82) is 0 Å². The standard InChI is InChI=1S/C41H57NO6Si/c1-30(18-12-11-17-24-41(5,6)49(45,33-19-13-9-14-20-33)34-21-15-10-16-22-34)32(29-43)26-36-35-28-38(47-8)37(46-7)27-31(35)23-25-42(36)39(44)48-40(2,3)4/h9-10,13-16,19-22,27-28,32,36,43,45H,1,11-12,17-18,23-26,29H2,2-8H3/t32?,36-/m1/s1. The fraction of sp³-hybridized carbons (Fsp3) is 0.488. The Kier molecular flexibility index (Phi) is 12.8. The molecule has 0 spiro atoms. The fourth-order valence-corrected chi connectivity index (χ4v) is 11.0.